The number of nitrogens with zero attached hydrogens (tertiary/aromatic N) is 1. The van der Waals surface area contributed by atoms with Crippen molar-refractivity contribution in [2.24, 2.45) is 0 Å². The number of carboxylic acids is 1. The monoisotopic (exact) mass is 291 g/mol. The summed E-state index contributed by atoms with van der Waals surface area (Å²) in [6, 6.07) is 10.4. The molecule has 0 amide bonds. The first kappa shape index (κ1) is 15.4. The Kier molecular flexibility index (Phi) is 4.46. The molecule has 0 aliphatic rings. The van der Waals surface area contributed by atoms with E-state index in [2.05, 4.69) is 0 Å². The second-order valence-corrected chi connectivity index (χ2v) is 4.41. The number of hydrogen-bond donors (Lipinski definition) is 0. The number of ketones is 1. The number of benzene rings is 1. The maximum Gasteiger partial charge on any atom is 1.00 e. The Morgan fingerprint density at radius 2 is 1.75 bits per heavy atom. The number of para-hydroxylation sites is 1. The molecule has 1 aromatic carbocycles. The predicted octanol–water partition coefficient (Wildman–Crippen LogP) is -1.34. The first-order chi connectivity index (χ1) is 9.09. The molecule has 0 spiro atoms. The van der Waals surface area contributed by atoms with E-state index in [1.54, 1.807) is 34.9 Å². The van der Waals surface area contributed by atoms with Gasteiger partial charge in [-0.1, -0.05) is 18.2 Å². The molecule has 0 radical (unpaired) electrons. The molecule has 0 aliphatic carbocycles. The molecule has 0 bridgehead atoms. The van der Waals surface area contributed by atoms with Gasteiger partial charge in [0.2, 0.25) is 0 Å². The summed E-state index contributed by atoms with van der Waals surface area (Å²) in [6.45, 7) is 1.48. The van der Waals surface area contributed by atoms with Crippen molar-refractivity contribution >= 4 is 28.2 Å². The van der Waals surface area contributed by atoms with Gasteiger partial charge in [-0.05, 0) is 25.1 Å². The third-order valence-electron chi connectivity index (χ3n) is 3.25. The number of carbonyl (C=O) groups excluding carboxylic acids is 2. The van der Waals surface area contributed by atoms with Gasteiger partial charge in [0.25, 0.3) is 0 Å². The minimum absolute atomic E-state index is 0. The summed E-state index contributed by atoms with van der Waals surface area (Å²) in [5.74, 6) is -1.27. The minimum atomic E-state index is -1.21. The first-order valence-electron chi connectivity index (χ1n) is 5.84. The Morgan fingerprint density at radius 3 is 2.40 bits per heavy atom. The number of hydrogen-bond acceptors (Lipinski definition) is 3. The van der Waals surface area contributed by atoms with E-state index in [4.69, 9.17) is 0 Å². The number of fused-ring (bicyclic) bond motifs is 3. The third kappa shape index (κ3) is 2.36. The average molecular weight is 291 g/mol. The van der Waals surface area contributed by atoms with Crippen LogP contribution in [0, 0.1) is 0 Å². The van der Waals surface area contributed by atoms with E-state index in [0.29, 0.717) is 16.5 Å². The average Bonchev–Trinajstić information content (AvgIpc) is 2.72. The zero-order chi connectivity index (χ0) is 13.6. The molecule has 0 N–H and O–H groups in total. The van der Waals surface area contributed by atoms with Gasteiger partial charge in [-0.2, -0.15) is 0 Å². The summed E-state index contributed by atoms with van der Waals surface area (Å²) in [4.78, 5) is 22.7. The molecule has 0 unspecified atom stereocenters. The van der Waals surface area contributed by atoms with Crippen molar-refractivity contribution in [2.75, 3.05) is 0 Å². The number of pyridine rings is 1. The Balaban J connectivity index is 0.00000147. The van der Waals surface area contributed by atoms with Gasteiger partial charge in [-0.3, -0.25) is 4.79 Å². The van der Waals surface area contributed by atoms with Crippen LogP contribution in [0.5, 0.6) is 0 Å². The van der Waals surface area contributed by atoms with E-state index in [1.807, 2.05) is 12.1 Å². The van der Waals surface area contributed by atoms with Gasteiger partial charge in [-0.25, -0.2) is 0 Å². The largest absolute Gasteiger partial charge is 1.00 e. The number of carboxylic acid groups (broad SMARTS) is 1. The Bertz CT molecular complexity index is 836. The number of aromatic carboxylic acids is 1. The second-order valence-electron chi connectivity index (χ2n) is 4.41. The van der Waals surface area contributed by atoms with Crippen LogP contribution in [-0.4, -0.2) is 16.2 Å². The third-order valence-corrected chi connectivity index (χ3v) is 3.25. The van der Waals surface area contributed by atoms with Crippen LogP contribution in [0.3, 0.4) is 0 Å². The molecule has 0 atom stereocenters. The van der Waals surface area contributed by atoms with Crippen LogP contribution in [0.1, 0.15) is 27.6 Å². The Morgan fingerprint density at radius 1 is 1.05 bits per heavy atom. The van der Waals surface area contributed by atoms with Crippen LogP contribution >= 0.6 is 0 Å². The molecular weight excluding hydrogens is 281 g/mol. The molecule has 0 saturated heterocycles. The van der Waals surface area contributed by atoms with Gasteiger partial charge in [-0.15, -0.1) is 0 Å². The number of Topliss-reactive ketones (excluding diaryl/α,β-unsaturated/α-hetero) is 1. The summed E-state index contributed by atoms with van der Waals surface area (Å²) in [6.07, 6.45) is 1.66. The first-order valence-corrected chi connectivity index (χ1v) is 5.84. The topological polar surface area (TPSA) is 61.6 Å². The summed E-state index contributed by atoms with van der Waals surface area (Å²) in [7, 11) is 0. The molecule has 3 rings (SSSR count). The molecule has 0 fully saturated rings. The van der Waals surface area contributed by atoms with Crippen LogP contribution in [0.25, 0.3) is 16.4 Å². The van der Waals surface area contributed by atoms with Crippen LogP contribution in [-0.2, 0) is 0 Å². The maximum atomic E-state index is 11.4. The Labute approximate surface area is 157 Å². The van der Waals surface area contributed by atoms with Gasteiger partial charge in [0.15, 0.2) is 5.78 Å². The molecule has 94 valence electrons. The molecule has 4 nitrogen and oxygen atoms in total. The number of rotatable bonds is 2. The van der Waals surface area contributed by atoms with Gasteiger partial charge in [0.1, 0.15) is 0 Å². The molecule has 2 aromatic heterocycles. The van der Waals surface area contributed by atoms with Crippen molar-refractivity contribution in [1.82, 2.24) is 4.40 Å². The molecule has 3 aromatic rings. The van der Waals surface area contributed by atoms with Crippen LogP contribution < -0.4 is 56.5 Å². The minimum Gasteiger partial charge on any atom is -0.545 e. The standard InChI is InChI=1S/C15H11NO3.K/c1-9(17)10-6-7-13-14(15(18)19)11-4-2-3-5-12(11)16(13)8-10;/h2-8H,1H3,(H,18,19);/q;+1/p-1. The molecular formula is C15H10KNO3. The molecule has 0 saturated carbocycles. The molecule has 5 heteroatoms. The summed E-state index contributed by atoms with van der Waals surface area (Å²) >= 11 is 0. The normalized spacial score (nSPS) is 10.4. The van der Waals surface area contributed by atoms with Crippen molar-refractivity contribution in [2.45, 2.75) is 6.92 Å². The quantitative estimate of drug-likeness (QED) is 0.434. The van der Waals surface area contributed by atoms with E-state index >= 15 is 0 Å². The van der Waals surface area contributed by atoms with E-state index in [9.17, 15) is 14.7 Å². The zero-order valence-electron chi connectivity index (χ0n) is 11.2. The van der Waals surface area contributed by atoms with E-state index in [-0.39, 0.29) is 62.7 Å². The molecule has 20 heavy (non-hydrogen) atoms. The fourth-order valence-corrected chi connectivity index (χ4v) is 2.36. The summed E-state index contributed by atoms with van der Waals surface area (Å²) < 4.78 is 1.72. The smallest absolute Gasteiger partial charge is 0.545 e. The van der Waals surface area contributed by atoms with E-state index in [1.165, 1.54) is 6.92 Å². The summed E-state index contributed by atoms with van der Waals surface area (Å²) in [5.41, 5.74) is 1.98. The SMILES string of the molecule is CC(=O)c1ccc2c(C(=O)[O-])c3ccccc3n2c1.[K+]. The van der Waals surface area contributed by atoms with Crippen molar-refractivity contribution in [3.63, 3.8) is 0 Å². The van der Waals surface area contributed by atoms with Crippen LogP contribution in [0.4, 0.5) is 0 Å². The predicted molar refractivity (Wildman–Crippen MR) is 69.2 cm³/mol. The van der Waals surface area contributed by atoms with Crippen molar-refractivity contribution in [3.8, 4) is 0 Å². The number of aromatic nitrogens is 1. The zero-order valence-corrected chi connectivity index (χ0v) is 14.3. The van der Waals surface area contributed by atoms with Gasteiger partial charge < -0.3 is 14.3 Å². The molecule has 0 aliphatic heterocycles. The van der Waals surface area contributed by atoms with E-state index < -0.39 is 5.97 Å². The fraction of sp³-hybridized carbons (Fsp3) is 0.0667. The number of carbonyl (C=O) groups is 2. The van der Waals surface area contributed by atoms with Gasteiger partial charge >= 0.3 is 51.4 Å². The fourth-order valence-electron chi connectivity index (χ4n) is 2.36. The second kappa shape index (κ2) is 5.79. The molecule has 2 heterocycles. The van der Waals surface area contributed by atoms with Crippen molar-refractivity contribution in [1.29, 1.82) is 0 Å². The van der Waals surface area contributed by atoms with Crippen LogP contribution in [0.2, 0.25) is 0 Å². The van der Waals surface area contributed by atoms with Gasteiger partial charge in [0.05, 0.1) is 17.0 Å². The van der Waals surface area contributed by atoms with Crippen LogP contribution in [0.15, 0.2) is 42.6 Å². The Hall–Kier alpha value is -0.984. The summed E-state index contributed by atoms with van der Waals surface area (Å²) in [5, 5.41) is 11.9. The van der Waals surface area contributed by atoms with Crippen molar-refractivity contribution in [3.05, 3.63) is 53.7 Å². The van der Waals surface area contributed by atoms with Gasteiger partial charge in [0, 0.05) is 22.7 Å². The maximum absolute atomic E-state index is 11.4. The van der Waals surface area contributed by atoms with Crippen molar-refractivity contribution < 1.29 is 66.1 Å². The van der Waals surface area contributed by atoms with E-state index in [0.717, 1.165) is 5.52 Å².